The van der Waals surface area contributed by atoms with E-state index in [9.17, 15) is 0 Å². The highest BCUT2D eigenvalue weighted by Gasteiger charge is 2.26. The maximum atomic E-state index is 5.13. The quantitative estimate of drug-likeness (QED) is 0.833. The highest BCUT2D eigenvalue weighted by atomic mass is 32.2. The van der Waals surface area contributed by atoms with Crippen molar-refractivity contribution in [2.75, 3.05) is 19.5 Å². The summed E-state index contributed by atoms with van der Waals surface area (Å²) in [5.74, 6) is 1.96. The first kappa shape index (κ1) is 14.2. The molecule has 2 aliphatic rings. The van der Waals surface area contributed by atoms with E-state index in [1.807, 2.05) is 11.8 Å². The van der Waals surface area contributed by atoms with Crippen LogP contribution < -0.4 is 5.32 Å². The van der Waals surface area contributed by atoms with E-state index in [0.29, 0.717) is 12.1 Å². The zero-order valence-electron chi connectivity index (χ0n) is 11.7. The SMILES string of the molecule is CCC1CCCCC1N=C1NC(CCOC)CS1. The van der Waals surface area contributed by atoms with Crippen LogP contribution in [0.1, 0.15) is 45.4 Å². The van der Waals surface area contributed by atoms with E-state index in [0.717, 1.165) is 24.7 Å². The molecule has 2 rings (SSSR count). The number of hydrogen-bond acceptors (Lipinski definition) is 3. The maximum absolute atomic E-state index is 5.13. The summed E-state index contributed by atoms with van der Waals surface area (Å²) in [6.45, 7) is 3.15. The van der Waals surface area contributed by atoms with Gasteiger partial charge in [0.15, 0.2) is 5.17 Å². The summed E-state index contributed by atoms with van der Waals surface area (Å²) in [6, 6.07) is 1.12. The third-order valence-corrected chi connectivity index (χ3v) is 5.16. The first-order chi connectivity index (χ1) is 8.83. The Morgan fingerprint density at radius 1 is 1.39 bits per heavy atom. The van der Waals surface area contributed by atoms with Crippen LogP contribution >= 0.6 is 11.8 Å². The van der Waals surface area contributed by atoms with Gasteiger partial charge in [-0.25, -0.2) is 0 Å². The predicted octanol–water partition coefficient (Wildman–Crippen LogP) is 3.05. The van der Waals surface area contributed by atoms with Gasteiger partial charge in [0.1, 0.15) is 0 Å². The topological polar surface area (TPSA) is 33.6 Å². The zero-order chi connectivity index (χ0) is 12.8. The van der Waals surface area contributed by atoms with E-state index in [1.54, 1.807) is 7.11 Å². The molecule has 1 saturated carbocycles. The van der Waals surface area contributed by atoms with Crippen LogP contribution in [0.2, 0.25) is 0 Å². The average Bonchev–Trinajstić information content (AvgIpc) is 2.84. The third kappa shape index (κ3) is 3.89. The third-order valence-electron chi connectivity index (χ3n) is 4.10. The predicted molar refractivity (Wildman–Crippen MR) is 79.3 cm³/mol. The molecule has 0 amide bonds. The van der Waals surface area contributed by atoms with Gasteiger partial charge < -0.3 is 10.1 Å². The van der Waals surface area contributed by atoms with Crippen LogP contribution in [0.15, 0.2) is 4.99 Å². The molecule has 18 heavy (non-hydrogen) atoms. The minimum Gasteiger partial charge on any atom is -0.385 e. The molecule has 2 fully saturated rings. The molecule has 0 radical (unpaired) electrons. The molecule has 0 bridgehead atoms. The second-order valence-electron chi connectivity index (χ2n) is 5.39. The monoisotopic (exact) mass is 270 g/mol. The average molecular weight is 270 g/mol. The van der Waals surface area contributed by atoms with Crippen molar-refractivity contribution in [3.63, 3.8) is 0 Å². The summed E-state index contributed by atoms with van der Waals surface area (Å²) < 4.78 is 5.13. The van der Waals surface area contributed by atoms with Crippen molar-refractivity contribution in [3.05, 3.63) is 0 Å². The van der Waals surface area contributed by atoms with Crippen LogP contribution in [0, 0.1) is 5.92 Å². The summed E-state index contributed by atoms with van der Waals surface area (Å²) >= 11 is 1.89. The number of nitrogens with zero attached hydrogens (tertiary/aromatic N) is 1. The summed E-state index contributed by atoms with van der Waals surface area (Å²) in [4.78, 5) is 4.97. The van der Waals surface area contributed by atoms with Crippen molar-refractivity contribution < 1.29 is 4.74 Å². The van der Waals surface area contributed by atoms with Crippen LogP contribution in [0.5, 0.6) is 0 Å². The number of aliphatic imine (C=N–C) groups is 1. The molecule has 4 heteroatoms. The van der Waals surface area contributed by atoms with E-state index in [2.05, 4.69) is 12.2 Å². The van der Waals surface area contributed by atoms with Gasteiger partial charge in [-0.2, -0.15) is 0 Å². The van der Waals surface area contributed by atoms with Gasteiger partial charge in [-0.15, -0.1) is 0 Å². The zero-order valence-corrected chi connectivity index (χ0v) is 12.5. The molecule has 0 aromatic carbocycles. The first-order valence-electron chi connectivity index (χ1n) is 7.29. The Morgan fingerprint density at radius 3 is 3.00 bits per heavy atom. The summed E-state index contributed by atoms with van der Waals surface area (Å²) in [7, 11) is 1.77. The maximum Gasteiger partial charge on any atom is 0.157 e. The molecule has 0 aromatic rings. The molecule has 104 valence electrons. The molecular weight excluding hydrogens is 244 g/mol. The van der Waals surface area contributed by atoms with Gasteiger partial charge in [-0.3, -0.25) is 4.99 Å². The van der Waals surface area contributed by atoms with Gasteiger partial charge in [0.2, 0.25) is 0 Å². The second-order valence-corrected chi connectivity index (χ2v) is 6.40. The van der Waals surface area contributed by atoms with Crippen molar-refractivity contribution in [1.82, 2.24) is 5.32 Å². The summed E-state index contributed by atoms with van der Waals surface area (Å²) in [6.07, 6.45) is 7.78. The Balaban J connectivity index is 1.85. The van der Waals surface area contributed by atoms with Crippen LogP contribution in [0.3, 0.4) is 0 Å². The molecule has 1 saturated heterocycles. The van der Waals surface area contributed by atoms with Gasteiger partial charge >= 0.3 is 0 Å². The van der Waals surface area contributed by atoms with Crippen molar-refractivity contribution in [2.45, 2.75) is 57.5 Å². The van der Waals surface area contributed by atoms with Crippen LogP contribution in [-0.4, -0.2) is 36.7 Å². The summed E-state index contributed by atoms with van der Waals surface area (Å²) in [5, 5.41) is 4.73. The van der Waals surface area contributed by atoms with Crippen molar-refractivity contribution >= 4 is 16.9 Å². The van der Waals surface area contributed by atoms with Gasteiger partial charge in [0, 0.05) is 25.5 Å². The van der Waals surface area contributed by atoms with Gasteiger partial charge in [-0.1, -0.05) is 37.9 Å². The van der Waals surface area contributed by atoms with Gasteiger partial charge in [0.25, 0.3) is 0 Å². The van der Waals surface area contributed by atoms with Gasteiger partial charge in [0.05, 0.1) is 6.04 Å². The van der Waals surface area contributed by atoms with Crippen LogP contribution in [-0.2, 0) is 4.74 Å². The highest BCUT2D eigenvalue weighted by molar-refractivity contribution is 8.14. The minimum absolute atomic E-state index is 0.553. The Morgan fingerprint density at radius 2 is 2.22 bits per heavy atom. The van der Waals surface area contributed by atoms with Crippen LogP contribution in [0.4, 0.5) is 0 Å². The molecular formula is C14H26N2OS. The Bertz CT molecular complexity index is 283. The highest BCUT2D eigenvalue weighted by Crippen LogP contribution is 2.30. The molecule has 3 unspecified atom stereocenters. The smallest absolute Gasteiger partial charge is 0.157 e. The lowest BCUT2D eigenvalue weighted by molar-refractivity contribution is 0.188. The Labute approximate surface area is 115 Å². The molecule has 1 aliphatic carbocycles. The number of amidine groups is 1. The second kappa shape index (κ2) is 7.39. The lowest BCUT2D eigenvalue weighted by atomic mass is 9.83. The largest absolute Gasteiger partial charge is 0.385 e. The van der Waals surface area contributed by atoms with Crippen LogP contribution in [0.25, 0.3) is 0 Å². The van der Waals surface area contributed by atoms with Gasteiger partial charge in [-0.05, 0) is 25.2 Å². The molecule has 1 N–H and O–H groups in total. The van der Waals surface area contributed by atoms with E-state index >= 15 is 0 Å². The first-order valence-corrected chi connectivity index (χ1v) is 8.28. The fourth-order valence-corrected chi connectivity index (χ4v) is 3.98. The lowest BCUT2D eigenvalue weighted by Gasteiger charge is -2.28. The number of rotatable bonds is 5. The standard InChI is InChI=1S/C14H26N2OS/c1-3-11-6-4-5-7-13(11)16-14-15-12(10-18-14)8-9-17-2/h11-13H,3-10H2,1-2H3,(H,15,16). The van der Waals surface area contributed by atoms with E-state index in [1.165, 1.54) is 37.3 Å². The van der Waals surface area contributed by atoms with E-state index < -0.39 is 0 Å². The molecule has 1 aliphatic heterocycles. The molecule has 0 aromatic heterocycles. The molecule has 3 atom stereocenters. The number of nitrogens with one attached hydrogen (secondary N) is 1. The Kier molecular flexibility index (Phi) is 5.83. The fourth-order valence-electron chi connectivity index (χ4n) is 2.91. The van der Waals surface area contributed by atoms with Crippen molar-refractivity contribution in [2.24, 2.45) is 10.9 Å². The molecule has 1 heterocycles. The normalized spacial score (nSPS) is 34.8. The Hall–Kier alpha value is -0.220. The van der Waals surface area contributed by atoms with E-state index in [-0.39, 0.29) is 0 Å². The molecule has 0 spiro atoms. The number of methoxy groups -OCH3 is 1. The molecule has 3 nitrogen and oxygen atoms in total. The van der Waals surface area contributed by atoms with Crippen molar-refractivity contribution in [1.29, 1.82) is 0 Å². The fraction of sp³-hybridized carbons (Fsp3) is 0.929. The minimum atomic E-state index is 0.553. The summed E-state index contributed by atoms with van der Waals surface area (Å²) in [5.41, 5.74) is 0. The number of hydrogen-bond donors (Lipinski definition) is 1. The number of thioether (sulfide) groups is 1. The lowest BCUT2D eigenvalue weighted by Crippen LogP contribution is -2.30. The van der Waals surface area contributed by atoms with Crippen molar-refractivity contribution in [3.8, 4) is 0 Å². The van der Waals surface area contributed by atoms with E-state index in [4.69, 9.17) is 9.73 Å². The number of ether oxygens (including phenoxy) is 1.